The number of carbonyl (C=O) groups is 2. The number of nitrogens with one attached hydrogen (secondary N) is 1. The molecule has 1 aliphatic heterocycles. The maximum atomic E-state index is 12.5. The number of likely N-dealkylation sites (tertiary alicyclic amines) is 1. The zero-order chi connectivity index (χ0) is 17.5. The van der Waals surface area contributed by atoms with Crippen molar-refractivity contribution >= 4 is 11.8 Å². The van der Waals surface area contributed by atoms with Crippen molar-refractivity contribution in [2.24, 2.45) is 17.8 Å². The fourth-order valence-corrected chi connectivity index (χ4v) is 3.19. The van der Waals surface area contributed by atoms with Gasteiger partial charge in [-0.25, -0.2) is 0 Å². The monoisotopic (exact) mass is 334 g/mol. The summed E-state index contributed by atoms with van der Waals surface area (Å²) in [4.78, 5) is 28.6. The number of hydrogen-bond acceptors (Lipinski definition) is 4. The van der Waals surface area contributed by atoms with E-state index >= 15 is 0 Å². The van der Waals surface area contributed by atoms with Gasteiger partial charge in [-0.1, -0.05) is 0 Å². The van der Waals surface area contributed by atoms with Crippen LogP contribution in [0.3, 0.4) is 0 Å². The first-order valence-corrected chi connectivity index (χ1v) is 9.21. The summed E-state index contributed by atoms with van der Waals surface area (Å²) in [5.41, 5.74) is 0. The third-order valence-corrected chi connectivity index (χ3v) is 4.95. The lowest BCUT2D eigenvalue weighted by Crippen LogP contribution is -2.48. The average Bonchev–Trinajstić information content (AvgIpc) is 3.41. The van der Waals surface area contributed by atoms with Crippen molar-refractivity contribution in [2.75, 3.05) is 39.3 Å². The first kappa shape index (κ1) is 18.7. The van der Waals surface area contributed by atoms with Crippen LogP contribution in [0.1, 0.15) is 39.5 Å². The maximum absolute atomic E-state index is 12.5. The fraction of sp³-hybridized carbons (Fsp3) is 0.833. The Morgan fingerprint density at radius 1 is 1.38 bits per heavy atom. The number of hydrogen-bond donors (Lipinski definition) is 1. The van der Waals surface area contributed by atoms with Crippen LogP contribution in [0.5, 0.6) is 0 Å². The van der Waals surface area contributed by atoms with Crippen LogP contribution in [0.15, 0.2) is 0 Å². The highest BCUT2D eigenvalue weighted by atomic mass is 16.2. The van der Waals surface area contributed by atoms with Gasteiger partial charge in [-0.2, -0.15) is 5.26 Å². The Bertz CT molecular complexity index is 484. The second-order valence-corrected chi connectivity index (χ2v) is 7.23. The summed E-state index contributed by atoms with van der Waals surface area (Å²) >= 11 is 0. The molecule has 1 heterocycles. The van der Waals surface area contributed by atoms with E-state index in [1.165, 1.54) is 12.8 Å². The third kappa shape index (κ3) is 5.79. The first-order valence-electron chi connectivity index (χ1n) is 9.21. The highest BCUT2D eigenvalue weighted by molar-refractivity contribution is 5.80. The summed E-state index contributed by atoms with van der Waals surface area (Å²) in [7, 11) is 0. The molecule has 2 fully saturated rings. The number of nitrogens with zero attached hydrogens (tertiary/aromatic N) is 3. The lowest BCUT2D eigenvalue weighted by Gasteiger charge is -2.33. The Morgan fingerprint density at radius 3 is 2.75 bits per heavy atom. The van der Waals surface area contributed by atoms with Crippen molar-refractivity contribution in [1.82, 2.24) is 15.1 Å². The number of amides is 2. The second-order valence-electron chi connectivity index (χ2n) is 7.23. The van der Waals surface area contributed by atoms with Gasteiger partial charge in [0.1, 0.15) is 0 Å². The average molecular weight is 334 g/mol. The van der Waals surface area contributed by atoms with Crippen LogP contribution in [-0.2, 0) is 9.59 Å². The molecule has 1 N–H and O–H groups in total. The van der Waals surface area contributed by atoms with Crippen molar-refractivity contribution in [3.05, 3.63) is 0 Å². The van der Waals surface area contributed by atoms with Crippen LogP contribution in [-0.4, -0.2) is 60.9 Å². The molecular weight excluding hydrogens is 304 g/mol. The Balaban J connectivity index is 1.79. The molecule has 0 spiro atoms. The topological polar surface area (TPSA) is 76.4 Å². The molecule has 0 aromatic rings. The lowest BCUT2D eigenvalue weighted by atomic mass is 9.97. The van der Waals surface area contributed by atoms with Crippen LogP contribution in [0.4, 0.5) is 0 Å². The minimum absolute atomic E-state index is 0.00147. The van der Waals surface area contributed by atoms with E-state index in [2.05, 4.69) is 16.3 Å². The summed E-state index contributed by atoms with van der Waals surface area (Å²) in [6.45, 7) is 7.54. The molecule has 0 aromatic heterocycles. The van der Waals surface area contributed by atoms with Gasteiger partial charge in [-0.15, -0.1) is 0 Å². The van der Waals surface area contributed by atoms with Gasteiger partial charge in [0.15, 0.2) is 0 Å². The first-order chi connectivity index (χ1) is 11.5. The Hall–Kier alpha value is -1.61. The van der Waals surface area contributed by atoms with Crippen molar-refractivity contribution < 1.29 is 9.59 Å². The normalized spacial score (nSPS) is 22.5. The molecule has 0 radical (unpaired) electrons. The molecule has 2 rings (SSSR count). The van der Waals surface area contributed by atoms with E-state index in [9.17, 15) is 9.59 Å². The van der Waals surface area contributed by atoms with E-state index in [4.69, 9.17) is 5.26 Å². The predicted octanol–water partition coefficient (Wildman–Crippen LogP) is 1.23. The Morgan fingerprint density at radius 2 is 2.12 bits per heavy atom. The SMILES string of the molecule is CCN(CC(C)C#N)C(=O)CN1CCCC(C(=O)NCC2CC2)C1. The zero-order valence-electron chi connectivity index (χ0n) is 15.0. The van der Waals surface area contributed by atoms with Gasteiger partial charge in [0.05, 0.1) is 24.4 Å². The summed E-state index contributed by atoms with van der Waals surface area (Å²) in [5, 5.41) is 12.0. The second kappa shape index (κ2) is 9.03. The van der Waals surface area contributed by atoms with Crippen molar-refractivity contribution in [2.45, 2.75) is 39.5 Å². The molecular formula is C18H30N4O2. The predicted molar refractivity (Wildman–Crippen MR) is 91.9 cm³/mol. The Labute approximate surface area is 145 Å². The summed E-state index contributed by atoms with van der Waals surface area (Å²) in [6, 6.07) is 2.18. The molecule has 2 atom stereocenters. The fourth-order valence-electron chi connectivity index (χ4n) is 3.19. The zero-order valence-corrected chi connectivity index (χ0v) is 15.0. The minimum atomic E-state index is -0.156. The minimum Gasteiger partial charge on any atom is -0.356 e. The van der Waals surface area contributed by atoms with Crippen LogP contribution in [0.25, 0.3) is 0 Å². The molecule has 1 saturated carbocycles. The highest BCUT2D eigenvalue weighted by Crippen LogP contribution is 2.27. The van der Waals surface area contributed by atoms with E-state index in [-0.39, 0.29) is 23.7 Å². The number of rotatable bonds is 8. The van der Waals surface area contributed by atoms with Crippen molar-refractivity contribution in [1.29, 1.82) is 5.26 Å². The standard InChI is InChI=1S/C18H30N4O2/c1-3-22(11-14(2)9-19)17(23)13-21-8-4-5-16(12-21)18(24)20-10-15-6-7-15/h14-16H,3-8,10-13H2,1-2H3,(H,20,24). The van der Waals surface area contributed by atoms with Crippen molar-refractivity contribution in [3.63, 3.8) is 0 Å². The van der Waals surface area contributed by atoms with Gasteiger partial charge < -0.3 is 10.2 Å². The molecule has 2 aliphatic rings. The smallest absolute Gasteiger partial charge is 0.236 e. The largest absolute Gasteiger partial charge is 0.356 e. The van der Waals surface area contributed by atoms with E-state index in [0.29, 0.717) is 32.1 Å². The molecule has 24 heavy (non-hydrogen) atoms. The highest BCUT2D eigenvalue weighted by Gasteiger charge is 2.29. The molecule has 6 nitrogen and oxygen atoms in total. The number of piperidine rings is 1. The molecule has 1 saturated heterocycles. The molecule has 0 aromatic carbocycles. The number of carbonyl (C=O) groups excluding carboxylic acids is 2. The summed E-state index contributed by atoms with van der Waals surface area (Å²) in [6.07, 6.45) is 4.33. The lowest BCUT2D eigenvalue weighted by molar-refractivity contribution is -0.134. The van der Waals surface area contributed by atoms with E-state index in [1.54, 1.807) is 4.90 Å². The number of likely N-dealkylation sites (N-methyl/N-ethyl adjacent to an activating group) is 1. The van der Waals surface area contributed by atoms with E-state index in [0.717, 1.165) is 25.9 Å². The molecule has 6 heteroatoms. The van der Waals surface area contributed by atoms with Gasteiger partial charge >= 0.3 is 0 Å². The van der Waals surface area contributed by atoms with Gasteiger partial charge in [0.2, 0.25) is 11.8 Å². The maximum Gasteiger partial charge on any atom is 0.236 e. The molecule has 2 amide bonds. The van der Waals surface area contributed by atoms with Crippen LogP contribution in [0.2, 0.25) is 0 Å². The van der Waals surface area contributed by atoms with Crippen molar-refractivity contribution in [3.8, 4) is 6.07 Å². The van der Waals surface area contributed by atoms with Gasteiger partial charge in [0.25, 0.3) is 0 Å². The molecule has 0 bridgehead atoms. The molecule has 2 unspecified atom stereocenters. The van der Waals surface area contributed by atoms with Gasteiger partial charge in [-0.3, -0.25) is 14.5 Å². The summed E-state index contributed by atoms with van der Waals surface area (Å²) < 4.78 is 0. The van der Waals surface area contributed by atoms with Crippen LogP contribution >= 0.6 is 0 Å². The summed E-state index contributed by atoms with van der Waals surface area (Å²) in [5.74, 6) is 0.730. The Kier molecular flexibility index (Phi) is 7.04. The van der Waals surface area contributed by atoms with Gasteiger partial charge in [0, 0.05) is 26.2 Å². The molecule has 134 valence electrons. The van der Waals surface area contributed by atoms with Gasteiger partial charge in [-0.05, 0) is 52.0 Å². The quantitative estimate of drug-likeness (QED) is 0.724. The molecule has 1 aliphatic carbocycles. The third-order valence-electron chi connectivity index (χ3n) is 4.95. The van der Waals surface area contributed by atoms with E-state index in [1.807, 2.05) is 13.8 Å². The number of nitriles is 1. The van der Waals surface area contributed by atoms with Crippen LogP contribution < -0.4 is 5.32 Å². The van der Waals surface area contributed by atoms with Crippen LogP contribution in [0, 0.1) is 29.1 Å². The van der Waals surface area contributed by atoms with E-state index < -0.39 is 0 Å².